The second-order valence-electron chi connectivity index (χ2n) is 1.28. The molecule has 0 aromatic heterocycles. The van der Waals surface area contributed by atoms with E-state index in [0.717, 1.165) is 0 Å². The van der Waals surface area contributed by atoms with Gasteiger partial charge in [0.25, 0.3) is 5.91 Å². The van der Waals surface area contributed by atoms with Gasteiger partial charge in [0.2, 0.25) is 0 Å². The van der Waals surface area contributed by atoms with Crippen LogP contribution in [-0.2, 0) is 4.79 Å². The molecule has 1 unspecified atom stereocenters. The Bertz CT molecular complexity index is 127. The SMILES string of the molecule is C#CCC(F)C(N)=O. The highest BCUT2D eigenvalue weighted by Gasteiger charge is 2.09. The number of hydrogen-bond acceptors (Lipinski definition) is 1. The predicted octanol–water partition coefficient (Wildman–Crippen LogP) is -0.167. The quantitative estimate of drug-likeness (QED) is 0.499. The molecule has 0 radical (unpaired) electrons. The molecule has 0 saturated carbocycles. The minimum absolute atomic E-state index is 0.227. The molecule has 1 atom stereocenters. The van der Waals surface area contributed by atoms with E-state index < -0.39 is 12.1 Å². The van der Waals surface area contributed by atoms with Crippen molar-refractivity contribution in [3.63, 3.8) is 0 Å². The molecule has 2 N–H and O–H groups in total. The third kappa shape index (κ3) is 2.19. The second-order valence-corrected chi connectivity index (χ2v) is 1.28. The summed E-state index contributed by atoms with van der Waals surface area (Å²) in [7, 11) is 0. The number of amides is 1. The van der Waals surface area contributed by atoms with Crippen molar-refractivity contribution in [2.24, 2.45) is 5.73 Å². The molecular formula is C5H6FNO. The summed E-state index contributed by atoms with van der Waals surface area (Å²) in [6.45, 7) is 0. The van der Waals surface area contributed by atoms with Crippen molar-refractivity contribution < 1.29 is 9.18 Å². The van der Waals surface area contributed by atoms with Gasteiger partial charge in [-0.15, -0.1) is 12.3 Å². The van der Waals surface area contributed by atoms with E-state index in [0.29, 0.717) is 0 Å². The Labute approximate surface area is 46.9 Å². The summed E-state index contributed by atoms with van der Waals surface area (Å²) >= 11 is 0. The van der Waals surface area contributed by atoms with Gasteiger partial charge in [-0.05, 0) is 0 Å². The predicted molar refractivity (Wildman–Crippen MR) is 27.5 cm³/mol. The minimum atomic E-state index is -1.68. The summed E-state index contributed by atoms with van der Waals surface area (Å²) in [6, 6.07) is 0. The summed E-state index contributed by atoms with van der Waals surface area (Å²) < 4.78 is 11.9. The Balaban J connectivity index is 3.52. The Kier molecular flexibility index (Phi) is 2.63. The molecule has 0 aromatic carbocycles. The Morgan fingerprint density at radius 2 is 2.50 bits per heavy atom. The molecule has 8 heavy (non-hydrogen) atoms. The van der Waals surface area contributed by atoms with E-state index in [1.165, 1.54) is 0 Å². The molecular weight excluding hydrogens is 109 g/mol. The third-order valence-electron chi connectivity index (χ3n) is 0.606. The molecule has 0 bridgehead atoms. The summed E-state index contributed by atoms with van der Waals surface area (Å²) in [5.74, 6) is 0.976. The number of nitrogens with two attached hydrogens (primary N) is 1. The van der Waals surface area contributed by atoms with Crippen molar-refractivity contribution in [3.8, 4) is 12.3 Å². The Hall–Kier alpha value is -1.04. The number of alkyl halides is 1. The average molecular weight is 115 g/mol. The summed E-state index contributed by atoms with van der Waals surface area (Å²) in [5, 5.41) is 0. The number of terminal acetylenes is 1. The van der Waals surface area contributed by atoms with Gasteiger partial charge in [-0.3, -0.25) is 4.79 Å². The third-order valence-corrected chi connectivity index (χ3v) is 0.606. The first-order chi connectivity index (χ1) is 3.68. The molecule has 44 valence electrons. The van der Waals surface area contributed by atoms with Crippen LogP contribution in [0, 0.1) is 12.3 Å². The molecule has 0 aromatic rings. The van der Waals surface area contributed by atoms with Crippen molar-refractivity contribution in [2.75, 3.05) is 0 Å². The number of primary amides is 1. The lowest BCUT2D eigenvalue weighted by Gasteiger charge is -1.93. The van der Waals surface area contributed by atoms with Gasteiger partial charge < -0.3 is 5.73 Å². The van der Waals surface area contributed by atoms with Crippen molar-refractivity contribution in [1.29, 1.82) is 0 Å². The molecule has 0 saturated heterocycles. The highest BCUT2D eigenvalue weighted by atomic mass is 19.1. The molecule has 0 aliphatic heterocycles. The number of rotatable bonds is 2. The van der Waals surface area contributed by atoms with Crippen molar-refractivity contribution in [2.45, 2.75) is 12.6 Å². The Morgan fingerprint density at radius 3 is 2.62 bits per heavy atom. The van der Waals surface area contributed by atoms with Crippen LogP contribution in [0.25, 0.3) is 0 Å². The van der Waals surface area contributed by atoms with E-state index in [2.05, 4.69) is 12.2 Å². The zero-order valence-electron chi connectivity index (χ0n) is 4.23. The van der Waals surface area contributed by atoms with E-state index in [4.69, 9.17) is 0 Å². The van der Waals surface area contributed by atoms with Gasteiger partial charge in [0.1, 0.15) is 0 Å². The number of carbonyl (C=O) groups is 1. The van der Waals surface area contributed by atoms with Gasteiger partial charge in [0, 0.05) is 6.42 Å². The van der Waals surface area contributed by atoms with E-state index in [1.54, 1.807) is 0 Å². The lowest BCUT2D eigenvalue weighted by molar-refractivity contribution is -0.122. The Morgan fingerprint density at radius 1 is 2.00 bits per heavy atom. The molecule has 1 amide bonds. The molecule has 0 aliphatic carbocycles. The van der Waals surface area contributed by atoms with Crippen LogP contribution in [0.3, 0.4) is 0 Å². The topological polar surface area (TPSA) is 43.1 Å². The van der Waals surface area contributed by atoms with E-state index in [9.17, 15) is 9.18 Å². The molecule has 0 spiro atoms. The van der Waals surface area contributed by atoms with Crippen molar-refractivity contribution in [1.82, 2.24) is 0 Å². The first kappa shape index (κ1) is 6.96. The van der Waals surface area contributed by atoms with Gasteiger partial charge >= 0.3 is 0 Å². The van der Waals surface area contributed by atoms with Gasteiger partial charge in [0.05, 0.1) is 0 Å². The van der Waals surface area contributed by atoms with Crippen LogP contribution in [0.15, 0.2) is 0 Å². The van der Waals surface area contributed by atoms with Crippen molar-refractivity contribution >= 4 is 5.91 Å². The molecule has 0 fully saturated rings. The normalized spacial score (nSPS) is 12.0. The zero-order valence-corrected chi connectivity index (χ0v) is 4.23. The summed E-state index contributed by atoms with van der Waals surface area (Å²) in [6.07, 6.45) is 2.76. The van der Waals surface area contributed by atoms with Crippen LogP contribution >= 0.6 is 0 Å². The number of halogens is 1. The van der Waals surface area contributed by atoms with E-state index in [1.807, 2.05) is 5.92 Å². The van der Waals surface area contributed by atoms with Gasteiger partial charge in [-0.1, -0.05) is 0 Å². The largest absolute Gasteiger partial charge is 0.367 e. The van der Waals surface area contributed by atoms with Gasteiger partial charge in [0.15, 0.2) is 6.17 Å². The molecule has 0 rings (SSSR count). The van der Waals surface area contributed by atoms with Crippen LogP contribution in [0.2, 0.25) is 0 Å². The standard InChI is InChI=1S/C5H6FNO/c1-2-3-4(6)5(7)8/h1,4H,3H2,(H2,7,8). The van der Waals surface area contributed by atoms with Crippen molar-refractivity contribution in [3.05, 3.63) is 0 Å². The second kappa shape index (κ2) is 3.03. The monoisotopic (exact) mass is 115 g/mol. The van der Waals surface area contributed by atoms with Gasteiger partial charge in [-0.25, -0.2) is 4.39 Å². The lowest BCUT2D eigenvalue weighted by atomic mass is 10.3. The maximum Gasteiger partial charge on any atom is 0.252 e. The fourth-order valence-corrected chi connectivity index (χ4v) is 0.204. The molecule has 3 heteroatoms. The number of hydrogen-bond donors (Lipinski definition) is 1. The van der Waals surface area contributed by atoms with E-state index >= 15 is 0 Å². The van der Waals surface area contributed by atoms with Gasteiger partial charge in [-0.2, -0.15) is 0 Å². The maximum absolute atomic E-state index is 11.9. The minimum Gasteiger partial charge on any atom is -0.367 e. The fraction of sp³-hybridized carbons (Fsp3) is 0.400. The highest BCUT2D eigenvalue weighted by Crippen LogP contribution is 1.92. The zero-order chi connectivity index (χ0) is 6.57. The highest BCUT2D eigenvalue weighted by molar-refractivity contribution is 5.78. The van der Waals surface area contributed by atoms with E-state index in [-0.39, 0.29) is 6.42 Å². The number of carbonyl (C=O) groups excluding carboxylic acids is 1. The van der Waals surface area contributed by atoms with Crippen LogP contribution < -0.4 is 5.73 Å². The summed E-state index contributed by atoms with van der Waals surface area (Å²) in [5.41, 5.74) is 4.51. The summed E-state index contributed by atoms with van der Waals surface area (Å²) in [4.78, 5) is 9.84. The first-order valence-corrected chi connectivity index (χ1v) is 2.05. The molecule has 0 heterocycles. The van der Waals surface area contributed by atoms with Crippen LogP contribution in [0.5, 0.6) is 0 Å². The van der Waals surface area contributed by atoms with Crippen LogP contribution in [-0.4, -0.2) is 12.1 Å². The molecule has 0 aliphatic rings. The maximum atomic E-state index is 11.9. The molecule has 2 nitrogen and oxygen atoms in total. The first-order valence-electron chi connectivity index (χ1n) is 2.05. The van der Waals surface area contributed by atoms with Crippen LogP contribution in [0.4, 0.5) is 4.39 Å². The lowest BCUT2D eigenvalue weighted by Crippen LogP contribution is -2.23. The van der Waals surface area contributed by atoms with Crippen LogP contribution in [0.1, 0.15) is 6.42 Å². The average Bonchev–Trinajstić information content (AvgIpc) is 1.67. The smallest absolute Gasteiger partial charge is 0.252 e. The fourth-order valence-electron chi connectivity index (χ4n) is 0.204.